The van der Waals surface area contributed by atoms with Crippen LogP contribution in [-0.4, -0.2) is 19.1 Å². The van der Waals surface area contributed by atoms with Crippen molar-refractivity contribution in [3.63, 3.8) is 0 Å². The van der Waals surface area contributed by atoms with E-state index in [0.717, 1.165) is 17.5 Å². The van der Waals surface area contributed by atoms with Crippen LogP contribution in [0.2, 0.25) is 0 Å². The topological polar surface area (TPSA) is 61.6 Å². The second-order valence-electron chi connectivity index (χ2n) is 3.73. The zero-order chi connectivity index (χ0) is 12.4. The molecule has 5 nitrogen and oxygen atoms in total. The van der Waals surface area contributed by atoms with E-state index >= 15 is 0 Å². The van der Waals surface area contributed by atoms with Gasteiger partial charge in [-0.15, -0.1) is 0 Å². The van der Waals surface area contributed by atoms with Gasteiger partial charge in [0.25, 0.3) is 0 Å². The predicted molar refractivity (Wildman–Crippen MR) is 63.6 cm³/mol. The van der Waals surface area contributed by atoms with Crippen molar-refractivity contribution in [1.82, 2.24) is 0 Å². The van der Waals surface area contributed by atoms with Crippen LogP contribution in [0.25, 0.3) is 6.08 Å². The highest BCUT2D eigenvalue weighted by Gasteiger charge is 2.28. The molecule has 0 atom stereocenters. The number of methoxy groups -OCH3 is 2. The van der Waals surface area contributed by atoms with E-state index < -0.39 is 4.92 Å². The maximum absolute atomic E-state index is 11.2. The molecule has 17 heavy (non-hydrogen) atoms. The lowest BCUT2D eigenvalue weighted by atomic mass is 9.95. The first kappa shape index (κ1) is 11.4. The second kappa shape index (κ2) is 4.45. The molecule has 0 bridgehead atoms. The van der Waals surface area contributed by atoms with Gasteiger partial charge in [0.2, 0.25) is 5.75 Å². The third-order valence-electron chi connectivity index (χ3n) is 2.82. The monoisotopic (exact) mass is 235 g/mol. The number of hydrogen-bond acceptors (Lipinski definition) is 4. The molecule has 0 heterocycles. The van der Waals surface area contributed by atoms with Gasteiger partial charge >= 0.3 is 5.69 Å². The quantitative estimate of drug-likeness (QED) is 0.596. The molecule has 1 aliphatic carbocycles. The maximum atomic E-state index is 11.2. The third kappa shape index (κ3) is 1.84. The Labute approximate surface area is 98.8 Å². The van der Waals surface area contributed by atoms with Crippen LogP contribution in [0, 0.1) is 10.1 Å². The number of fused-ring (bicyclic) bond motifs is 1. The fraction of sp³-hybridized carbons (Fsp3) is 0.333. The summed E-state index contributed by atoms with van der Waals surface area (Å²) in [4.78, 5) is 10.8. The molecule has 2 rings (SSSR count). The van der Waals surface area contributed by atoms with Gasteiger partial charge in [-0.3, -0.25) is 10.1 Å². The Kier molecular flexibility index (Phi) is 2.99. The van der Waals surface area contributed by atoms with Gasteiger partial charge in [-0.05, 0) is 24.5 Å². The fourth-order valence-electron chi connectivity index (χ4n) is 2.08. The first-order valence-electron chi connectivity index (χ1n) is 5.27. The van der Waals surface area contributed by atoms with Crippen LogP contribution in [0.1, 0.15) is 17.5 Å². The minimum absolute atomic E-state index is 0.0196. The highest BCUT2D eigenvalue weighted by molar-refractivity contribution is 5.71. The normalized spacial score (nSPS) is 13.1. The molecule has 0 N–H and O–H groups in total. The molecule has 0 spiro atoms. The molecule has 0 unspecified atom stereocenters. The Morgan fingerprint density at radius 1 is 1.35 bits per heavy atom. The van der Waals surface area contributed by atoms with E-state index in [9.17, 15) is 10.1 Å². The van der Waals surface area contributed by atoms with Crippen LogP contribution >= 0.6 is 0 Å². The van der Waals surface area contributed by atoms with Crippen molar-refractivity contribution in [2.45, 2.75) is 12.8 Å². The number of ether oxygens (including phenoxy) is 2. The molecule has 0 saturated carbocycles. The molecule has 0 radical (unpaired) electrons. The first-order chi connectivity index (χ1) is 8.19. The maximum Gasteiger partial charge on any atom is 0.318 e. The summed E-state index contributed by atoms with van der Waals surface area (Å²) < 4.78 is 10.2. The van der Waals surface area contributed by atoms with Gasteiger partial charge in [0, 0.05) is 5.56 Å². The molecule has 0 aliphatic heterocycles. The molecular formula is C12H13NO4. The van der Waals surface area contributed by atoms with Crippen LogP contribution in [0.3, 0.4) is 0 Å². The molecule has 5 heteroatoms. The summed E-state index contributed by atoms with van der Waals surface area (Å²) in [5.74, 6) is 0.594. The Hall–Kier alpha value is -2.04. The summed E-state index contributed by atoms with van der Waals surface area (Å²) in [5.41, 5.74) is 1.57. The number of nitrogens with zero attached hydrogens (tertiary/aromatic N) is 1. The highest BCUT2D eigenvalue weighted by atomic mass is 16.6. The average molecular weight is 235 g/mol. The SMILES string of the molecule is COc1cc2c(c([N+](=O)[O-])c1OC)CCC=C2. The predicted octanol–water partition coefficient (Wildman–Crippen LogP) is 2.57. The standard InChI is InChI=1S/C12H13NO4/c1-16-10-7-8-5-3-4-6-9(8)11(13(14)15)12(10)17-2/h3,5,7H,4,6H2,1-2H3. The second-order valence-corrected chi connectivity index (χ2v) is 3.73. The van der Waals surface area contributed by atoms with Crippen LogP contribution in [0.4, 0.5) is 5.69 Å². The summed E-state index contributed by atoms with van der Waals surface area (Å²) in [6.45, 7) is 0. The zero-order valence-electron chi connectivity index (χ0n) is 9.73. The minimum Gasteiger partial charge on any atom is -0.493 e. The summed E-state index contributed by atoms with van der Waals surface area (Å²) in [6, 6.07) is 1.77. The van der Waals surface area contributed by atoms with Crippen LogP contribution in [-0.2, 0) is 6.42 Å². The molecule has 90 valence electrons. The number of nitro benzene ring substituents is 1. The van der Waals surface area contributed by atoms with Gasteiger partial charge in [-0.2, -0.15) is 0 Å². The van der Waals surface area contributed by atoms with Gasteiger partial charge in [-0.25, -0.2) is 0 Å². The van der Waals surface area contributed by atoms with Gasteiger partial charge in [0.15, 0.2) is 5.75 Å². The minimum atomic E-state index is -0.403. The van der Waals surface area contributed by atoms with Crippen LogP contribution < -0.4 is 9.47 Å². The number of rotatable bonds is 3. The summed E-state index contributed by atoms with van der Waals surface area (Å²) in [6.07, 6.45) is 5.34. The lowest BCUT2D eigenvalue weighted by Crippen LogP contribution is -2.05. The Morgan fingerprint density at radius 3 is 2.71 bits per heavy atom. The van der Waals surface area contributed by atoms with Gasteiger partial charge < -0.3 is 9.47 Å². The smallest absolute Gasteiger partial charge is 0.318 e. The number of nitro groups is 1. The number of hydrogen-bond donors (Lipinski definition) is 0. The summed E-state index contributed by atoms with van der Waals surface area (Å²) >= 11 is 0. The van der Waals surface area contributed by atoms with Crippen molar-refractivity contribution in [3.8, 4) is 11.5 Å². The van der Waals surface area contributed by atoms with Crippen LogP contribution in [0.15, 0.2) is 12.1 Å². The number of allylic oxidation sites excluding steroid dienone is 1. The summed E-state index contributed by atoms with van der Waals surface area (Å²) in [5, 5.41) is 11.2. The number of benzene rings is 1. The molecule has 0 amide bonds. The van der Waals surface area contributed by atoms with Gasteiger partial charge in [0.05, 0.1) is 19.1 Å². The fourth-order valence-corrected chi connectivity index (χ4v) is 2.08. The van der Waals surface area contributed by atoms with E-state index in [1.807, 2.05) is 12.2 Å². The highest BCUT2D eigenvalue weighted by Crippen LogP contribution is 2.43. The van der Waals surface area contributed by atoms with Crippen molar-refractivity contribution in [3.05, 3.63) is 33.4 Å². The summed E-state index contributed by atoms with van der Waals surface area (Å²) in [7, 11) is 2.89. The molecule has 0 aromatic heterocycles. The lowest BCUT2D eigenvalue weighted by Gasteiger charge is -2.15. The first-order valence-corrected chi connectivity index (χ1v) is 5.27. The molecular weight excluding hydrogens is 222 g/mol. The van der Waals surface area contributed by atoms with Gasteiger partial charge in [-0.1, -0.05) is 12.2 Å². The Morgan fingerprint density at radius 2 is 2.12 bits per heavy atom. The Bertz CT molecular complexity index is 494. The van der Waals surface area contributed by atoms with E-state index in [1.54, 1.807) is 6.07 Å². The van der Waals surface area contributed by atoms with E-state index in [4.69, 9.17) is 9.47 Å². The largest absolute Gasteiger partial charge is 0.493 e. The van der Waals surface area contributed by atoms with Crippen molar-refractivity contribution in [1.29, 1.82) is 0 Å². The van der Waals surface area contributed by atoms with E-state index in [1.165, 1.54) is 14.2 Å². The van der Waals surface area contributed by atoms with E-state index in [2.05, 4.69) is 0 Å². The van der Waals surface area contributed by atoms with Gasteiger partial charge in [0.1, 0.15) is 0 Å². The van der Waals surface area contributed by atoms with Crippen molar-refractivity contribution >= 4 is 11.8 Å². The third-order valence-corrected chi connectivity index (χ3v) is 2.82. The van der Waals surface area contributed by atoms with Crippen molar-refractivity contribution in [2.24, 2.45) is 0 Å². The lowest BCUT2D eigenvalue weighted by molar-refractivity contribution is -0.386. The van der Waals surface area contributed by atoms with Crippen LogP contribution in [0.5, 0.6) is 11.5 Å². The van der Waals surface area contributed by atoms with Crippen molar-refractivity contribution < 1.29 is 14.4 Å². The molecule has 0 saturated heterocycles. The van der Waals surface area contributed by atoms with E-state index in [0.29, 0.717) is 12.2 Å². The molecule has 1 aliphatic rings. The molecule has 1 aromatic carbocycles. The average Bonchev–Trinajstić information content (AvgIpc) is 2.35. The van der Waals surface area contributed by atoms with E-state index in [-0.39, 0.29) is 11.4 Å². The Balaban J connectivity index is 2.74. The zero-order valence-corrected chi connectivity index (χ0v) is 9.73. The van der Waals surface area contributed by atoms with Crippen molar-refractivity contribution in [2.75, 3.05) is 14.2 Å². The molecule has 1 aromatic rings. The molecule has 0 fully saturated rings.